The van der Waals surface area contributed by atoms with Crippen LogP contribution in [-0.2, 0) is 0 Å². The Kier molecular flexibility index (Phi) is 4.96. The number of nitrogens with zero attached hydrogens (tertiary/aromatic N) is 1. The number of halogens is 1. The first-order chi connectivity index (χ1) is 11.9. The highest BCUT2D eigenvalue weighted by atomic mass is 79.9. The molecule has 0 aliphatic carbocycles. The van der Waals surface area contributed by atoms with Crippen LogP contribution >= 0.6 is 27.3 Å². The van der Waals surface area contributed by atoms with Crippen LogP contribution in [0.3, 0.4) is 0 Å². The molecule has 0 unspecified atom stereocenters. The van der Waals surface area contributed by atoms with Crippen molar-refractivity contribution in [2.45, 2.75) is 20.8 Å². The Labute approximate surface area is 158 Å². The minimum atomic E-state index is -0.240. The molecular weight excluding hydrogens is 404 g/mol. The number of carbonyl (C=O) groups excluding carboxylic acids is 1. The number of anilines is 1. The smallest absolute Gasteiger partial charge is 0.262 e. The van der Waals surface area contributed by atoms with E-state index in [9.17, 15) is 4.79 Å². The molecule has 0 atom stereocenters. The lowest BCUT2D eigenvalue weighted by molar-refractivity contribution is 0.102. The molecule has 7 heteroatoms. The van der Waals surface area contributed by atoms with Gasteiger partial charge in [-0.1, -0.05) is 0 Å². The van der Waals surface area contributed by atoms with Gasteiger partial charge in [-0.3, -0.25) is 10.1 Å². The first-order valence-electron chi connectivity index (χ1n) is 7.59. The van der Waals surface area contributed by atoms with E-state index in [-0.39, 0.29) is 5.91 Å². The molecule has 2 aromatic heterocycles. The Balaban J connectivity index is 1.86. The molecular formula is C18H17BrN2O3S. The van der Waals surface area contributed by atoms with Gasteiger partial charge >= 0.3 is 0 Å². The van der Waals surface area contributed by atoms with E-state index in [1.54, 1.807) is 14.0 Å². The van der Waals surface area contributed by atoms with Gasteiger partial charge in [-0.15, -0.1) is 11.3 Å². The Bertz CT molecular complexity index is 929. The van der Waals surface area contributed by atoms with Crippen LogP contribution in [0.5, 0.6) is 5.75 Å². The number of benzene rings is 1. The van der Waals surface area contributed by atoms with E-state index >= 15 is 0 Å². The Morgan fingerprint density at radius 3 is 2.44 bits per heavy atom. The van der Waals surface area contributed by atoms with Gasteiger partial charge in [-0.25, -0.2) is 4.98 Å². The number of aromatic nitrogens is 1. The van der Waals surface area contributed by atoms with Crippen LogP contribution in [0.4, 0.5) is 5.13 Å². The van der Waals surface area contributed by atoms with Crippen molar-refractivity contribution in [3.8, 4) is 17.0 Å². The van der Waals surface area contributed by atoms with Crippen molar-refractivity contribution in [2.75, 3.05) is 12.4 Å². The molecule has 0 aliphatic heterocycles. The van der Waals surface area contributed by atoms with Crippen LogP contribution in [0, 0.1) is 20.8 Å². The van der Waals surface area contributed by atoms with Gasteiger partial charge in [0.25, 0.3) is 5.91 Å². The van der Waals surface area contributed by atoms with Gasteiger partial charge in [0, 0.05) is 10.4 Å². The SMILES string of the molecule is COc1ccc(-c2nc(NC(=O)c3c(C)oc(C)c3Br)sc2C)cc1. The van der Waals surface area contributed by atoms with Crippen molar-refractivity contribution in [3.05, 3.63) is 50.7 Å². The van der Waals surface area contributed by atoms with Crippen molar-refractivity contribution >= 4 is 38.3 Å². The molecule has 25 heavy (non-hydrogen) atoms. The number of aryl methyl sites for hydroxylation is 3. The first-order valence-corrected chi connectivity index (χ1v) is 9.20. The zero-order valence-corrected chi connectivity index (χ0v) is 16.7. The number of methoxy groups -OCH3 is 1. The lowest BCUT2D eigenvalue weighted by Gasteiger charge is -2.02. The summed E-state index contributed by atoms with van der Waals surface area (Å²) < 4.78 is 11.3. The summed E-state index contributed by atoms with van der Waals surface area (Å²) in [6.07, 6.45) is 0. The third-order valence-electron chi connectivity index (χ3n) is 3.79. The van der Waals surface area contributed by atoms with Crippen molar-refractivity contribution in [1.29, 1.82) is 0 Å². The highest BCUT2D eigenvalue weighted by molar-refractivity contribution is 9.10. The van der Waals surface area contributed by atoms with E-state index in [2.05, 4.69) is 26.2 Å². The van der Waals surface area contributed by atoms with Crippen LogP contribution in [0.2, 0.25) is 0 Å². The summed E-state index contributed by atoms with van der Waals surface area (Å²) in [5, 5.41) is 3.41. The fraction of sp³-hybridized carbons (Fsp3) is 0.222. The van der Waals surface area contributed by atoms with Gasteiger partial charge in [0.15, 0.2) is 5.13 Å². The highest BCUT2D eigenvalue weighted by Gasteiger charge is 2.21. The predicted molar refractivity (Wildman–Crippen MR) is 103 cm³/mol. The molecule has 0 fully saturated rings. The zero-order chi connectivity index (χ0) is 18.1. The van der Waals surface area contributed by atoms with E-state index in [0.29, 0.717) is 26.7 Å². The summed E-state index contributed by atoms with van der Waals surface area (Å²) >= 11 is 4.84. The Morgan fingerprint density at radius 1 is 1.20 bits per heavy atom. The van der Waals surface area contributed by atoms with Gasteiger partial charge in [-0.2, -0.15) is 0 Å². The summed E-state index contributed by atoms with van der Waals surface area (Å²) in [7, 11) is 1.63. The third kappa shape index (κ3) is 3.48. The van der Waals surface area contributed by atoms with Crippen molar-refractivity contribution in [2.24, 2.45) is 0 Å². The summed E-state index contributed by atoms with van der Waals surface area (Å²) in [6, 6.07) is 7.68. The molecule has 0 bridgehead atoms. The molecule has 0 saturated carbocycles. The number of nitrogens with one attached hydrogen (secondary N) is 1. The molecule has 5 nitrogen and oxygen atoms in total. The van der Waals surface area contributed by atoms with Crippen molar-refractivity contribution in [3.63, 3.8) is 0 Å². The van der Waals surface area contributed by atoms with Crippen LogP contribution in [-0.4, -0.2) is 18.0 Å². The fourth-order valence-corrected chi connectivity index (χ4v) is 3.91. The van der Waals surface area contributed by atoms with Gasteiger partial charge < -0.3 is 9.15 Å². The second kappa shape index (κ2) is 7.01. The van der Waals surface area contributed by atoms with Gasteiger partial charge in [0.1, 0.15) is 17.3 Å². The molecule has 3 aromatic rings. The second-order valence-corrected chi connectivity index (χ2v) is 7.51. The average molecular weight is 421 g/mol. The molecule has 0 saturated heterocycles. The minimum absolute atomic E-state index is 0.240. The standard InChI is InChI=1S/C18H17BrN2O3S/c1-9-14(15(19)10(2)24-9)17(22)21-18-20-16(11(3)25-18)12-5-7-13(23-4)8-6-12/h5-8H,1-4H3,(H,20,21,22). The third-order valence-corrected chi connectivity index (χ3v) is 5.64. The van der Waals surface area contributed by atoms with E-state index in [4.69, 9.17) is 9.15 Å². The molecule has 1 amide bonds. The number of furan rings is 1. The fourth-order valence-electron chi connectivity index (χ4n) is 2.54. The molecule has 0 aliphatic rings. The first kappa shape index (κ1) is 17.7. The van der Waals surface area contributed by atoms with Crippen molar-refractivity contribution < 1.29 is 13.9 Å². The molecule has 0 spiro atoms. The summed E-state index contributed by atoms with van der Waals surface area (Å²) in [4.78, 5) is 18.2. The number of thiazole rings is 1. The number of amides is 1. The normalized spacial score (nSPS) is 10.8. The zero-order valence-electron chi connectivity index (χ0n) is 14.3. The lowest BCUT2D eigenvalue weighted by Crippen LogP contribution is -2.12. The van der Waals surface area contributed by atoms with Gasteiger partial charge in [-0.05, 0) is 61.0 Å². The quantitative estimate of drug-likeness (QED) is 0.617. The lowest BCUT2D eigenvalue weighted by atomic mass is 10.1. The number of hydrogen-bond acceptors (Lipinski definition) is 5. The van der Waals surface area contributed by atoms with Crippen LogP contribution in [0.1, 0.15) is 26.8 Å². The van der Waals surface area contributed by atoms with Crippen LogP contribution < -0.4 is 10.1 Å². The van der Waals surface area contributed by atoms with E-state index < -0.39 is 0 Å². The molecule has 0 radical (unpaired) electrons. The molecule has 1 N–H and O–H groups in total. The largest absolute Gasteiger partial charge is 0.497 e. The summed E-state index contributed by atoms with van der Waals surface area (Å²) in [5.74, 6) is 1.81. The van der Waals surface area contributed by atoms with Crippen molar-refractivity contribution in [1.82, 2.24) is 4.98 Å². The maximum absolute atomic E-state index is 12.6. The van der Waals surface area contributed by atoms with Gasteiger partial charge in [0.2, 0.25) is 0 Å². The maximum atomic E-state index is 12.6. The molecule has 130 valence electrons. The summed E-state index contributed by atoms with van der Waals surface area (Å²) in [5.41, 5.74) is 2.32. The number of rotatable bonds is 4. The van der Waals surface area contributed by atoms with Crippen LogP contribution in [0.25, 0.3) is 11.3 Å². The molecule has 1 aromatic carbocycles. The number of ether oxygens (including phenoxy) is 1. The monoisotopic (exact) mass is 420 g/mol. The minimum Gasteiger partial charge on any atom is -0.497 e. The maximum Gasteiger partial charge on any atom is 0.262 e. The topological polar surface area (TPSA) is 64.4 Å². The molecule has 2 heterocycles. The highest BCUT2D eigenvalue weighted by Crippen LogP contribution is 2.33. The predicted octanol–water partition coefficient (Wildman–Crippen LogP) is 5.35. The van der Waals surface area contributed by atoms with Gasteiger partial charge in [0.05, 0.1) is 22.8 Å². The Hall–Kier alpha value is -2.12. The van der Waals surface area contributed by atoms with Crippen LogP contribution in [0.15, 0.2) is 33.2 Å². The van der Waals surface area contributed by atoms with E-state index in [1.807, 2.05) is 38.1 Å². The number of carbonyl (C=O) groups is 1. The van der Waals surface area contributed by atoms with E-state index in [0.717, 1.165) is 21.9 Å². The number of hydrogen-bond donors (Lipinski definition) is 1. The average Bonchev–Trinajstić information content (AvgIpc) is 3.06. The van der Waals surface area contributed by atoms with E-state index in [1.165, 1.54) is 11.3 Å². The summed E-state index contributed by atoms with van der Waals surface area (Å²) in [6.45, 7) is 5.56. The second-order valence-electron chi connectivity index (χ2n) is 5.51. The Morgan fingerprint density at radius 2 is 1.88 bits per heavy atom. The molecule has 3 rings (SSSR count).